The van der Waals surface area contributed by atoms with Crippen LogP contribution in [0.3, 0.4) is 0 Å². The van der Waals surface area contributed by atoms with Crippen LogP contribution in [-0.4, -0.2) is 33.0 Å². The minimum absolute atomic E-state index is 0.114. The fourth-order valence-electron chi connectivity index (χ4n) is 3.43. The standard InChI is InChI=1S/C23H18O5S/c1-29(26,27)19-10-8-15(9-11-19)23(25)28-14-22(24)18-7-6-17-12-16-4-2-3-5-20(16)21(17)13-18/h2-11,13H,12,14H2,1H3. The first-order chi connectivity index (χ1) is 13.8. The van der Waals surface area contributed by atoms with Crippen molar-refractivity contribution >= 4 is 21.6 Å². The summed E-state index contributed by atoms with van der Waals surface area (Å²) < 4.78 is 28.1. The number of ether oxygens (including phenoxy) is 1. The van der Waals surface area contributed by atoms with Crippen LogP contribution in [0, 0.1) is 0 Å². The third-order valence-electron chi connectivity index (χ3n) is 4.97. The van der Waals surface area contributed by atoms with E-state index in [0.717, 1.165) is 23.8 Å². The summed E-state index contributed by atoms with van der Waals surface area (Å²) in [5.41, 5.74) is 5.24. The topological polar surface area (TPSA) is 77.5 Å². The quantitative estimate of drug-likeness (QED) is 0.373. The highest BCUT2D eigenvalue weighted by Crippen LogP contribution is 2.36. The summed E-state index contributed by atoms with van der Waals surface area (Å²) in [6.07, 6.45) is 1.94. The lowest BCUT2D eigenvalue weighted by atomic mass is 10.0. The van der Waals surface area contributed by atoms with Crippen molar-refractivity contribution in [3.63, 3.8) is 0 Å². The van der Waals surface area contributed by atoms with E-state index in [1.54, 1.807) is 6.07 Å². The molecule has 0 saturated heterocycles. The van der Waals surface area contributed by atoms with E-state index in [9.17, 15) is 18.0 Å². The fourth-order valence-corrected chi connectivity index (χ4v) is 4.06. The van der Waals surface area contributed by atoms with E-state index in [1.165, 1.54) is 35.4 Å². The van der Waals surface area contributed by atoms with E-state index >= 15 is 0 Å². The largest absolute Gasteiger partial charge is 0.454 e. The van der Waals surface area contributed by atoms with Crippen molar-refractivity contribution in [2.45, 2.75) is 11.3 Å². The molecule has 29 heavy (non-hydrogen) atoms. The molecule has 4 rings (SSSR count). The normalized spacial score (nSPS) is 12.2. The smallest absolute Gasteiger partial charge is 0.338 e. The number of ketones is 1. The Kier molecular flexibility index (Phi) is 4.80. The highest BCUT2D eigenvalue weighted by molar-refractivity contribution is 7.90. The van der Waals surface area contributed by atoms with Gasteiger partial charge in [0.2, 0.25) is 0 Å². The first kappa shape index (κ1) is 19.1. The van der Waals surface area contributed by atoms with Gasteiger partial charge in [-0.2, -0.15) is 0 Å². The summed E-state index contributed by atoms with van der Waals surface area (Å²) >= 11 is 0. The van der Waals surface area contributed by atoms with Gasteiger partial charge in [-0.3, -0.25) is 4.79 Å². The Morgan fingerprint density at radius 2 is 1.52 bits per heavy atom. The van der Waals surface area contributed by atoms with Gasteiger partial charge in [0.15, 0.2) is 22.2 Å². The van der Waals surface area contributed by atoms with Crippen LogP contribution in [0.5, 0.6) is 0 Å². The maximum Gasteiger partial charge on any atom is 0.338 e. The Hall–Kier alpha value is -3.25. The van der Waals surface area contributed by atoms with Crippen molar-refractivity contribution in [2.24, 2.45) is 0 Å². The van der Waals surface area contributed by atoms with Gasteiger partial charge in [0.05, 0.1) is 10.5 Å². The number of sulfone groups is 1. The van der Waals surface area contributed by atoms with Crippen molar-refractivity contribution in [2.75, 3.05) is 12.9 Å². The molecule has 0 atom stereocenters. The molecule has 146 valence electrons. The number of hydrogen-bond donors (Lipinski definition) is 0. The van der Waals surface area contributed by atoms with E-state index in [1.807, 2.05) is 30.3 Å². The third kappa shape index (κ3) is 3.84. The van der Waals surface area contributed by atoms with Gasteiger partial charge >= 0.3 is 5.97 Å². The van der Waals surface area contributed by atoms with Gasteiger partial charge in [-0.15, -0.1) is 0 Å². The molecule has 0 heterocycles. The maximum absolute atomic E-state index is 12.5. The number of Topliss-reactive ketones (excluding diaryl/α,β-unsaturated/α-hetero) is 1. The van der Waals surface area contributed by atoms with Crippen LogP contribution in [0.25, 0.3) is 11.1 Å². The van der Waals surface area contributed by atoms with Crippen molar-refractivity contribution in [3.05, 3.63) is 89.0 Å². The van der Waals surface area contributed by atoms with E-state index < -0.39 is 15.8 Å². The van der Waals surface area contributed by atoms with Crippen LogP contribution in [-0.2, 0) is 21.0 Å². The predicted molar refractivity (Wildman–Crippen MR) is 109 cm³/mol. The highest BCUT2D eigenvalue weighted by Gasteiger charge is 2.20. The average molecular weight is 406 g/mol. The Morgan fingerprint density at radius 3 is 2.24 bits per heavy atom. The molecule has 0 fully saturated rings. The van der Waals surface area contributed by atoms with Gasteiger partial charge in [-0.05, 0) is 59.0 Å². The number of hydrogen-bond acceptors (Lipinski definition) is 5. The third-order valence-corrected chi connectivity index (χ3v) is 6.10. The fraction of sp³-hybridized carbons (Fsp3) is 0.130. The predicted octanol–water partition coefficient (Wildman–Crippen LogP) is 3.70. The van der Waals surface area contributed by atoms with E-state index in [-0.39, 0.29) is 22.8 Å². The summed E-state index contributed by atoms with van der Waals surface area (Å²) in [5.74, 6) is -0.969. The Morgan fingerprint density at radius 1 is 0.862 bits per heavy atom. The van der Waals surface area contributed by atoms with Crippen LogP contribution in [0.2, 0.25) is 0 Å². The zero-order valence-corrected chi connectivity index (χ0v) is 16.5. The van der Waals surface area contributed by atoms with Gasteiger partial charge in [-0.25, -0.2) is 13.2 Å². The second-order valence-corrected chi connectivity index (χ2v) is 9.02. The van der Waals surface area contributed by atoms with Crippen molar-refractivity contribution < 1.29 is 22.7 Å². The lowest BCUT2D eigenvalue weighted by Gasteiger charge is -2.07. The zero-order chi connectivity index (χ0) is 20.6. The molecule has 0 unspecified atom stereocenters. The number of carbonyl (C=O) groups excluding carboxylic acids is 2. The molecule has 0 amide bonds. The lowest BCUT2D eigenvalue weighted by molar-refractivity contribution is 0.0474. The van der Waals surface area contributed by atoms with Crippen molar-refractivity contribution in [1.82, 2.24) is 0 Å². The minimum atomic E-state index is -3.34. The average Bonchev–Trinajstić information content (AvgIpc) is 3.09. The molecule has 0 radical (unpaired) electrons. The molecule has 1 aliphatic carbocycles. The molecular formula is C23H18O5S. The van der Waals surface area contributed by atoms with Crippen LogP contribution in [0.4, 0.5) is 0 Å². The first-order valence-electron chi connectivity index (χ1n) is 9.04. The van der Waals surface area contributed by atoms with Gasteiger partial charge < -0.3 is 4.74 Å². The van der Waals surface area contributed by atoms with Gasteiger partial charge in [0.25, 0.3) is 0 Å². The molecular weight excluding hydrogens is 388 g/mol. The summed E-state index contributed by atoms with van der Waals surface area (Å²) in [7, 11) is -3.34. The molecule has 3 aromatic carbocycles. The van der Waals surface area contributed by atoms with Crippen LogP contribution < -0.4 is 0 Å². The number of carbonyl (C=O) groups is 2. The summed E-state index contributed by atoms with van der Waals surface area (Å²) in [6.45, 7) is -0.382. The summed E-state index contributed by atoms with van der Waals surface area (Å²) in [4.78, 5) is 24.8. The number of esters is 1. The molecule has 0 spiro atoms. The van der Waals surface area contributed by atoms with Gasteiger partial charge in [0, 0.05) is 11.8 Å². The molecule has 0 bridgehead atoms. The monoisotopic (exact) mass is 406 g/mol. The molecule has 5 nitrogen and oxygen atoms in total. The lowest BCUT2D eigenvalue weighted by Crippen LogP contribution is -2.14. The van der Waals surface area contributed by atoms with Crippen LogP contribution >= 0.6 is 0 Å². The first-order valence-corrected chi connectivity index (χ1v) is 10.9. The molecule has 0 aliphatic heterocycles. The van der Waals surface area contributed by atoms with E-state index in [2.05, 4.69) is 6.07 Å². The molecule has 1 aliphatic rings. The van der Waals surface area contributed by atoms with E-state index in [4.69, 9.17) is 4.74 Å². The number of fused-ring (bicyclic) bond motifs is 3. The summed E-state index contributed by atoms with van der Waals surface area (Å²) in [5, 5.41) is 0. The number of rotatable bonds is 5. The molecule has 0 aromatic heterocycles. The SMILES string of the molecule is CS(=O)(=O)c1ccc(C(=O)OCC(=O)c2ccc3c(c2)-c2ccccc2C3)cc1. The second kappa shape index (κ2) is 7.29. The zero-order valence-electron chi connectivity index (χ0n) is 15.7. The Balaban J connectivity index is 1.45. The van der Waals surface area contributed by atoms with Crippen LogP contribution in [0.15, 0.2) is 71.6 Å². The number of benzene rings is 3. The molecule has 6 heteroatoms. The van der Waals surface area contributed by atoms with Crippen molar-refractivity contribution in [3.8, 4) is 11.1 Å². The highest BCUT2D eigenvalue weighted by atomic mass is 32.2. The minimum Gasteiger partial charge on any atom is -0.454 e. The van der Waals surface area contributed by atoms with Crippen LogP contribution in [0.1, 0.15) is 31.8 Å². The molecule has 0 saturated carbocycles. The van der Waals surface area contributed by atoms with E-state index in [0.29, 0.717) is 5.56 Å². The molecule has 0 N–H and O–H groups in total. The molecule has 3 aromatic rings. The second-order valence-electron chi connectivity index (χ2n) is 7.00. The van der Waals surface area contributed by atoms with Gasteiger partial charge in [-0.1, -0.05) is 36.4 Å². The van der Waals surface area contributed by atoms with Crippen molar-refractivity contribution in [1.29, 1.82) is 0 Å². The summed E-state index contributed by atoms with van der Waals surface area (Å²) in [6, 6.07) is 19.0. The maximum atomic E-state index is 12.5. The Bertz CT molecular complexity index is 1220. The van der Waals surface area contributed by atoms with Gasteiger partial charge in [0.1, 0.15) is 0 Å². The Labute approximate surface area is 168 Å².